The van der Waals surface area contributed by atoms with Crippen LogP contribution in [0.2, 0.25) is 0 Å². The lowest BCUT2D eigenvalue weighted by atomic mass is 10.2. The molecule has 92 valence electrons. The SMILES string of the molecule is C(=CC1OCC(c2nccs2)O1)c1cccnc1. The van der Waals surface area contributed by atoms with E-state index in [1.807, 2.05) is 29.7 Å². The Morgan fingerprint density at radius 3 is 3.17 bits per heavy atom. The Morgan fingerprint density at radius 1 is 1.39 bits per heavy atom. The molecule has 4 nitrogen and oxygen atoms in total. The predicted octanol–water partition coefficient (Wildman–Crippen LogP) is 2.67. The van der Waals surface area contributed by atoms with E-state index in [4.69, 9.17) is 9.47 Å². The Labute approximate surface area is 109 Å². The molecule has 2 atom stereocenters. The summed E-state index contributed by atoms with van der Waals surface area (Å²) in [6.45, 7) is 0.551. The second kappa shape index (κ2) is 5.39. The van der Waals surface area contributed by atoms with Gasteiger partial charge in [0.15, 0.2) is 6.29 Å². The highest BCUT2D eigenvalue weighted by Gasteiger charge is 2.27. The number of rotatable bonds is 3. The maximum Gasteiger partial charge on any atom is 0.178 e. The van der Waals surface area contributed by atoms with Crippen LogP contribution in [0.3, 0.4) is 0 Å². The van der Waals surface area contributed by atoms with Gasteiger partial charge in [0.2, 0.25) is 0 Å². The molecule has 2 aromatic heterocycles. The number of thiazole rings is 1. The Balaban J connectivity index is 1.61. The molecule has 18 heavy (non-hydrogen) atoms. The molecule has 3 rings (SSSR count). The summed E-state index contributed by atoms with van der Waals surface area (Å²) >= 11 is 1.59. The van der Waals surface area contributed by atoms with Crippen LogP contribution in [-0.2, 0) is 9.47 Å². The van der Waals surface area contributed by atoms with E-state index in [1.54, 1.807) is 29.9 Å². The van der Waals surface area contributed by atoms with Crippen molar-refractivity contribution in [1.82, 2.24) is 9.97 Å². The predicted molar refractivity (Wildman–Crippen MR) is 69.0 cm³/mol. The molecule has 2 unspecified atom stereocenters. The van der Waals surface area contributed by atoms with E-state index in [0.717, 1.165) is 10.6 Å². The van der Waals surface area contributed by atoms with Crippen LogP contribution in [0.1, 0.15) is 16.7 Å². The third-order valence-electron chi connectivity index (χ3n) is 2.57. The first-order valence-electron chi connectivity index (χ1n) is 5.66. The van der Waals surface area contributed by atoms with Crippen LogP contribution in [0, 0.1) is 0 Å². The number of aromatic nitrogens is 2. The van der Waals surface area contributed by atoms with Crippen LogP contribution in [0.15, 0.2) is 42.2 Å². The monoisotopic (exact) mass is 260 g/mol. The van der Waals surface area contributed by atoms with E-state index in [2.05, 4.69) is 9.97 Å². The van der Waals surface area contributed by atoms with Gasteiger partial charge in [0.1, 0.15) is 11.1 Å². The molecule has 1 fully saturated rings. The highest BCUT2D eigenvalue weighted by molar-refractivity contribution is 7.09. The topological polar surface area (TPSA) is 44.2 Å². The van der Waals surface area contributed by atoms with Gasteiger partial charge >= 0.3 is 0 Å². The standard InChI is InChI=1S/C13H12N2O2S/c1-2-10(8-14-5-1)3-4-12-16-9-11(17-12)13-15-6-7-18-13/h1-8,11-12H,9H2. The third-order valence-corrected chi connectivity index (χ3v) is 3.43. The summed E-state index contributed by atoms with van der Waals surface area (Å²) < 4.78 is 11.3. The lowest BCUT2D eigenvalue weighted by molar-refractivity contribution is -0.0194. The summed E-state index contributed by atoms with van der Waals surface area (Å²) in [6.07, 6.45) is 8.81. The molecule has 0 bridgehead atoms. The van der Waals surface area contributed by atoms with Crippen LogP contribution < -0.4 is 0 Å². The zero-order chi connectivity index (χ0) is 12.2. The van der Waals surface area contributed by atoms with Crippen molar-refractivity contribution < 1.29 is 9.47 Å². The van der Waals surface area contributed by atoms with Gasteiger partial charge < -0.3 is 9.47 Å². The molecule has 0 N–H and O–H groups in total. The number of nitrogens with zero attached hydrogens (tertiary/aromatic N) is 2. The van der Waals surface area contributed by atoms with Gasteiger partial charge in [0, 0.05) is 24.0 Å². The van der Waals surface area contributed by atoms with Crippen LogP contribution in [0.5, 0.6) is 0 Å². The molecule has 0 saturated carbocycles. The Morgan fingerprint density at radius 2 is 2.39 bits per heavy atom. The van der Waals surface area contributed by atoms with Gasteiger partial charge in [-0.2, -0.15) is 0 Å². The van der Waals surface area contributed by atoms with Crippen molar-refractivity contribution in [3.05, 3.63) is 52.8 Å². The van der Waals surface area contributed by atoms with Gasteiger partial charge in [-0.05, 0) is 17.7 Å². The number of pyridine rings is 1. The lowest BCUT2D eigenvalue weighted by Crippen LogP contribution is -2.03. The first-order valence-corrected chi connectivity index (χ1v) is 6.54. The van der Waals surface area contributed by atoms with Crippen molar-refractivity contribution in [1.29, 1.82) is 0 Å². The van der Waals surface area contributed by atoms with Crippen molar-refractivity contribution in [2.75, 3.05) is 6.61 Å². The van der Waals surface area contributed by atoms with Gasteiger partial charge in [-0.15, -0.1) is 11.3 Å². The molecular formula is C13H12N2O2S. The van der Waals surface area contributed by atoms with Gasteiger partial charge in [0.25, 0.3) is 0 Å². The van der Waals surface area contributed by atoms with Gasteiger partial charge in [0.05, 0.1) is 6.61 Å². The molecule has 0 aliphatic carbocycles. The van der Waals surface area contributed by atoms with E-state index in [-0.39, 0.29) is 12.4 Å². The second-order valence-corrected chi connectivity index (χ2v) is 4.77. The Kier molecular flexibility index (Phi) is 3.45. The van der Waals surface area contributed by atoms with E-state index in [0.29, 0.717) is 6.61 Å². The van der Waals surface area contributed by atoms with Crippen molar-refractivity contribution >= 4 is 17.4 Å². The first kappa shape index (κ1) is 11.5. The first-order chi connectivity index (χ1) is 8.92. The second-order valence-electron chi connectivity index (χ2n) is 3.84. The fraction of sp³-hybridized carbons (Fsp3) is 0.231. The molecule has 0 radical (unpaired) electrons. The maximum absolute atomic E-state index is 5.75. The fourth-order valence-electron chi connectivity index (χ4n) is 1.71. The van der Waals surface area contributed by atoms with Crippen molar-refractivity contribution in [3.63, 3.8) is 0 Å². The molecule has 1 aliphatic rings. The van der Waals surface area contributed by atoms with Crippen LogP contribution in [0.25, 0.3) is 6.08 Å². The summed E-state index contributed by atoms with van der Waals surface area (Å²) in [5.41, 5.74) is 1.03. The summed E-state index contributed by atoms with van der Waals surface area (Å²) in [6, 6.07) is 3.88. The molecule has 0 aromatic carbocycles. The average molecular weight is 260 g/mol. The molecule has 5 heteroatoms. The van der Waals surface area contributed by atoms with Crippen LogP contribution in [-0.4, -0.2) is 22.9 Å². The molecular weight excluding hydrogens is 248 g/mol. The van der Waals surface area contributed by atoms with Crippen LogP contribution >= 0.6 is 11.3 Å². The van der Waals surface area contributed by atoms with Crippen molar-refractivity contribution in [2.24, 2.45) is 0 Å². The van der Waals surface area contributed by atoms with Gasteiger partial charge in [-0.3, -0.25) is 4.98 Å². The molecule has 3 heterocycles. The molecule has 1 aliphatic heterocycles. The average Bonchev–Trinajstić information content (AvgIpc) is 3.08. The fourth-order valence-corrected chi connectivity index (χ4v) is 2.37. The summed E-state index contributed by atoms with van der Waals surface area (Å²) in [7, 11) is 0. The minimum absolute atomic E-state index is 0.0476. The number of hydrogen-bond donors (Lipinski definition) is 0. The van der Waals surface area contributed by atoms with Crippen molar-refractivity contribution in [2.45, 2.75) is 12.4 Å². The quantitative estimate of drug-likeness (QED) is 0.851. The lowest BCUT2D eigenvalue weighted by Gasteiger charge is -2.05. The normalized spacial score (nSPS) is 23.8. The zero-order valence-electron chi connectivity index (χ0n) is 9.60. The molecule has 1 saturated heterocycles. The minimum Gasteiger partial charge on any atom is -0.346 e. The Hall–Kier alpha value is -1.56. The molecule has 0 spiro atoms. The smallest absolute Gasteiger partial charge is 0.178 e. The highest BCUT2D eigenvalue weighted by atomic mass is 32.1. The molecule has 0 amide bonds. The summed E-state index contributed by atoms with van der Waals surface area (Å²) in [4.78, 5) is 8.27. The van der Waals surface area contributed by atoms with E-state index >= 15 is 0 Å². The Bertz CT molecular complexity index is 513. The maximum atomic E-state index is 5.75. The van der Waals surface area contributed by atoms with Crippen molar-refractivity contribution in [3.8, 4) is 0 Å². The zero-order valence-corrected chi connectivity index (χ0v) is 10.4. The third kappa shape index (κ3) is 2.64. The number of hydrogen-bond acceptors (Lipinski definition) is 5. The van der Waals surface area contributed by atoms with E-state index in [1.165, 1.54) is 0 Å². The summed E-state index contributed by atoms with van der Waals surface area (Å²) in [5, 5.41) is 2.91. The largest absolute Gasteiger partial charge is 0.346 e. The number of ether oxygens (including phenoxy) is 2. The molecule has 2 aromatic rings. The van der Waals surface area contributed by atoms with E-state index in [9.17, 15) is 0 Å². The van der Waals surface area contributed by atoms with E-state index < -0.39 is 0 Å². The minimum atomic E-state index is -0.306. The van der Waals surface area contributed by atoms with Gasteiger partial charge in [-0.25, -0.2) is 4.98 Å². The summed E-state index contributed by atoms with van der Waals surface area (Å²) in [5.74, 6) is 0. The van der Waals surface area contributed by atoms with Crippen LogP contribution in [0.4, 0.5) is 0 Å². The van der Waals surface area contributed by atoms with Gasteiger partial charge in [-0.1, -0.05) is 12.1 Å². The highest BCUT2D eigenvalue weighted by Crippen LogP contribution is 2.28.